The van der Waals surface area contributed by atoms with Crippen LogP contribution in [0.15, 0.2) is 0 Å². The summed E-state index contributed by atoms with van der Waals surface area (Å²) in [5.74, 6) is 0. The zero-order valence-electron chi connectivity index (χ0n) is 4.83. The molecule has 56 valence electrons. The SMILES string of the molecule is CSS(=O)(=O)OCCBr. The Labute approximate surface area is 66.8 Å². The molecule has 0 saturated heterocycles. The molecule has 0 aromatic rings. The van der Waals surface area contributed by atoms with Crippen LogP contribution in [0.1, 0.15) is 0 Å². The van der Waals surface area contributed by atoms with Gasteiger partial charge in [0.05, 0.1) is 6.61 Å². The molecule has 9 heavy (non-hydrogen) atoms. The monoisotopic (exact) mass is 234 g/mol. The van der Waals surface area contributed by atoms with E-state index in [-0.39, 0.29) is 6.61 Å². The van der Waals surface area contributed by atoms with Gasteiger partial charge < -0.3 is 0 Å². The molecule has 0 bridgehead atoms. The third-order valence-electron chi connectivity index (χ3n) is 0.509. The fraction of sp³-hybridized carbons (Fsp3) is 1.00. The molecule has 0 N–H and O–H groups in total. The van der Waals surface area contributed by atoms with Gasteiger partial charge in [0.1, 0.15) is 0 Å². The molecule has 0 fully saturated rings. The van der Waals surface area contributed by atoms with Gasteiger partial charge in [0, 0.05) is 5.33 Å². The minimum Gasteiger partial charge on any atom is -0.261 e. The van der Waals surface area contributed by atoms with Crippen molar-refractivity contribution in [2.24, 2.45) is 0 Å². The van der Waals surface area contributed by atoms with E-state index >= 15 is 0 Å². The minimum absolute atomic E-state index is 0.198. The highest BCUT2D eigenvalue weighted by Crippen LogP contribution is 2.08. The van der Waals surface area contributed by atoms with Crippen molar-refractivity contribution in [2.75, 3.05) is 18.2 Å². The van der Waals surface area contributed by atoms with E-state index < -0.39 is 9.15 Å². The summed E-state index contributed by atoms with van der Waals surface area (Å²) in [5.41, 5.74) is 0. The third kappa shape index (κ3) is 5.20. The maximum atomic E-state index is 10.5. The van der Waals surface area contributed by atoms with Gasteiger partial charge in [0.25, 0.3) is 0 Å². The first-order valence-corrected chi connectivity index (χ1v) is 6.40. The maximum absolute atomic E-state index is 10.5. The number of rotatable bonds is 4. The summed E-state index contributed by atoms with van der Waals surface area (Å²) in [6.07, 6.45) is 1.46. The predicted octanol–water partition coefficient (Wildman–Crippen LogP) is 1.01. The summed E-state index contributed by atoms with van der Waals surface area (Å²) >= 11 is 3.03. The molecule has 3 nitrogen and oxygen atoms in total. The first kappa shape index (κ1) is 9.74. The van der Waals surface area contributed by atoms with E-state index in [1.807, 2.05) is 0 Å². The minimum atomic E-state index is -3.29. The van der Waals surface area contributed by atoms with E-state index in [2.05, 4.69) is 20.1 Å². The molecule has 0 unspecified atom stereocenters. The molecule has 0 aliphatic rings. The maximum Gasteiger partial charge on any atom is 0.321 e. The summed E-state index contributed by atoms with van der Waals surface area (Å²) in [5, 5.41) is 0.535. The van der Waals surface area contributed by atoms with E-state index in [1.165, 1.54) is 6.26 Å². The van der Waals surface area contributed by atoms with Crippen molar-refractivity contribution in [3.8, 4) is 0 Å². The van der Waals surface area contributed by atoms with Gasteiger partial charge in [-0.1, -0.05) is 15.9 Å². The Balaban J connectivity index is 3.61. The summed E-state index contributed by atoms with van der Waals surface area (Å²) < 4.78 is 25.4. The molecular formula is C3H7BrO3S2. The van der Waals surface area contributed by atoms with Crippen LogP contribution in [0, 0.1) is 0 Å². The number of hydrogen-bond donors (Lipinski definition) is 0. The molecule has 0 spiro atoms. The number of halogens is 1. The average Bonchev–Trinajstić information content (AvgIpc) is 1.84. The highest BCUT2D eigenvalue weighted by atomic mass is 79.9. The summed E-state index contributed by atoms with van der Waals surface area (Å²) in [4.78, 5) is 0. The third-order valence-corrected chi connectivity index (χ3v) is 3.21. The van der Waals surface area contributed by atoms with E-state index in [0.29, 0.717) is 16.1 Å². The van der Waals surface area contributed by atoms with Crippen LogP contribution in [-0.2, 0) is 13.3 Å². The van der Waals surface area contributed by atoms with Crippen LogP contribution in [-0.4, -0.2) is 26.6 Å². The number of alkyl halides is 1. The van der Waals surface area contributed by atoms with Gasteiger partial charge in [-0.15, -0.1) is 0 Å². The number of hydrogen-bond acceptors (Lipinski definition) is 4. The zero-order valence-corrected chi connectivity index (χ0v) is 8.05. The van der Waals surface area contributed by atoms with Crippen molar-refractivity contribution < 1.29 is 12.6 Å². The van der Waals surface area contributed by atoms with Crippen LogP contribution in [0.25, 0.3) is 0 Å². The molecule has 0 aromatic heterocycles. The first-order chi connectivity index (χ1) is 4.12. The summed E-state index contributed by atoms with van der Waals surface area (Å²) in [6.45, 7) is 0.198. The quantitative estimate of drug-likeness (QED) is 0.538. The Morgan fingerprint density at radius 2 is 2.22 bits per heavy atom. The van der Waals surface area contributed by atoms with Crippen molar-refractivity contribution in [3.63, 3.8) is 0 Å². The molecule has 0 saturated carbocycles. The molecule has 0 amide bonds. The molecule has 0 atom stereocenters. The molecule has 0 aliphatic heterocycles. The molecule has 0 rings (SSSR count). The first-order valence-electron chi connectivity index (χ1n) is 2.13. The highest BCUT2D eigenvalue weighted by Gasteiger charge is 2.05. The topological polar surface area (TPSA) is 43.4 Å². The lowest BCUT2D eigenvalue weighted by Crippen LogP contribution is -2.01. The van der Waals surface area contributed by atoms with Crippen LogP contribution in [0.3, 0.4) is 0 Å². The molecular weight excluding hydrogens is 228 g/mol. The Hall–Kier alpha value is 0.740. The van der Waals surface area contributed by atoms with Gasteiger partial charge in [0.2, 0.25) is 0 Å². The Morgan fingerprint density at radius 3 is 2.56 bits per heavy atom. The van der Waals surface area contributed by atoms with Crippen LogP contribution < -0.4 is 0 Å². The molecule has 0 heterocycles. The van der Waals surface area contributed by atoms with Crippen LogP contribution in [0.5, 0.6) is 0 Å². The second-order valence-electron chi connectivity index (χ2n) is 1.09. The van der Waals surface area contributed by atoms with Crippen LogP contribution in [0.2, 0.25) is 0 Å². The standard InChI is InChI=1S/C3H7BrO3S2/c1-8-9(5,6)7-3-2-4/h2-3H2,1H3. The van der Waals surface area contributed by atoms with Gasteiger partial charge >= 0.3 is 9.15 Å². The van der Waals surface area contributed by atoms with Gasteiger partial charge in [-0.3, -0.25) is 4.18 Å². The zero-order chi connectivity index (χ0) is 7.33. The lowest BCUT2D eigenvalue weighted by atomic mass is 10.9. The molecule has 0 radical (unpaired) electrons. The second-order valence-corrected chi connectivity index (χ2v) is 5.49. The largest absolute Gasteiger partial charge is 0.321 e. The summed E-state index contributed by atoms with van der Waals surface area (Å²) in [7, 11) is -2.60. The molecule has 0 aliphatic carbocycles. The lowest BCUT2D eigenvalue weighted by Gasteiger charge is -1.96. The van der Waals surface area contributed by atoms with Crippen molar-refractivity contribution in [3.05, 3.63) is 0 Å². The van der Waals surface area contributed by atoms with Crippen molar-refractivity contribution in [1.29, 1.82) is 0 Å². The van der Waals surface area contributed by atoms with Crippen molar-refractivity contribution in [2.45, 2.75) is 0 Å². The fourth-order valence-electron chi connectivity index (χ4n) is 0.182. The molecule has 0 aromatic carbocycles. The fourth-order valence-corrected chi connectivity index (χ4v) is 1.43. The van der Waals surface area contributed by atoms with Crippen LogP contribution >= 0.6 is 26.7 Å². The van der Waals surface area contributed by atoms with E-state index in [9.17, 15) is 8.42 Å². The van der Waals surface area contributed by atoms with Gasteiger partial charge in [-0.2, -0.15) is 8.42 Å². The predicted molar refractivity (Wildman–Crippen MR) is 42.2 cm³/mol. The van der Waals surface area contributed by atoms with Gasteiger partial charge in [-0.05, 0) is 17.0 Å². The van der Waals surface area contributed by atoms with Crippen LogP contribution in [0.4, 0.5) is 0 Å². The summed E-state index contributed by atoms with van der Waals surface area (Å²) in [6, 6.07) is 0. The van der Waals surface area contributed by atoms with E-state index in [4.69, 9.17) is 0 Å². The molecule has 6 heteroatoms. The lowest BCUT2D eigenvalue weighted by molar-refractivity contribution is 0.355. The van der Waals surface area contributed by atoms with Crippen molar-refractivity contribution in [1.82, 2.24) is 0 Å². The second kappa shape index (κ2) is 4.54. The Kier molecular flexibility index (Phi) is 4.91. The smallest absolute Gasteiger partial charge is 0.261 e. The van der Waals surface area contributed by atoms with Gasteiger partial charge in [0.15, 0.2) is 0 Å². The van der Waals surface area contributed by atoms with E-state index in [0.717, 1.165) is 0 Å². The Morgan fingerprint density at radius 1 is 1.67 bits per heavy atom. The normalized spacial score (nSPS) is 11.8. The highest BCUT2D eigenvalue weighted by molar-refractivity contribution is 9.09. The van der Waals surface area contributed by atoms with E-state index in [1.54, 1.807) is 0 Å². The van der Waals surface area contributed by atoms with Crippen molar-refractivity contribution >= 4 is 35.9 Å². The van der Waals surface area contributed by atoms with Gasteiger partial charge in [-0.25, -0.2) is 0 Å². The Bertz CT molecular complexity index is 152. The average molecular weight is 235 g/mol.